The van der Waals surface area contributed by atoms with Crippen LogP contribution >= 0.6 is 15.2 Å². The van der Waals surface area contributed by atoms with E-state index in [0.29, 0.717) is 0 Å². The Morgan fingerprint density at radius 2 is 1.15 bits per heavy atom. The van der Waals surface area contributed by atoms with Crippen molar-refractivity contribution in [3.63, 3.8) is 0 Å². The Hall–Kier alpha value is 0.600. The summed E-state index contributed by atoms with van der Waals surface area (Å²) in [5.41, 5.74) is -0.0726. The molecule has 8 nitrogen and oxygen atoms in total. The van der Waals surface area contributed by atoms with Crippen molar-refractivity contribution in [1.82, 2.24) is 9.97 Å². The maximum absolute atomic E-state index is 11.9. The van der Waals surface area contributed by atoms with Gasteiger partial charge in [0, 0.05) is 0 Å². The van der Waals surface area contributed by atoms with Gasteiger partial charge in [0.15, 0.2) is 15.2 Å². The standard InChI is InChI=1S/C14H18N2O6P2.2Na/c1-3-21-23(17,18)13-9-5-7-11(15-13)12-8-6-10-14(16-12)24(19,20)22-4-2;;/h5-10H,3-4H2,1-2H3,(H,17,18)(H,19,20);;/q;2*+1/p-2. The average Bonchev–Trinajstić information content (AvgIpc) is 2.55. The van der Waals surface area contributed by atoms with E-state index in [2.05, 4.69) is 9.97 Å². The zero-order valence-corrected chi connectivity index (χ0v) is 20.9. The first-order chi connectivity index (χ1) is 11.3. The molecule has 2 aromatic heterocycles. The summed E-state index contributed by atoms with van der Waals surface area (Å²) >= 11 is 0. The van der Waals surface area contributed by atoms with Gasteiger partial charge in [-0.3, -0.25) is 0 Å². The average molecular weight is 416 g/mol. The quantitative estimate of drug-likeness (QED) is 0.324. The van der Waals surface area contributed by atoms with Crippen LogP contribution in [0.3, 0.4) is 0 Å². The molecule has 12 heteroatoms. The van der Waals surface area contributed by atoms with Crippen LogP contribution in [0.1, 0.15) is 13.8 Å². The van der Waals surface area contributed by atoms with Crippen molar-refractivity contribution in [2.45, 2.75) is 13.8 Å². The third-order valence-electron chi connectivity index (χ3n) is 2.89. The molecule has 0 bridgehead atoms. The number of hydrogen-bond donors (Lipinski definition) is 0. The summed E-state index contributed by atoms with van der Waals surface area (Å²) in [6.07, 6.45) is 0. The van der Waals surface area contributed by atoms with Crippen molar-refractivity contribution in [1.29, 1.82) is 0 Å². The fourth-order valence-corrected chi connectivity index (χ4v) is 3.85. The number of rotatable bonds is 7. The molecule has 0 N–H and O–H groups in total. The Bertz CT molecular complexity index is 756. The van der Waals surface area contributed by atoms with E-state index in [1.165, 1.54) is 36.4 Å². The summed E-state index contributed by atoms with van der Waals surface area (Å²) in [6, 6.07) is 8.62. The second-order valence-electron chi connectivity index (χ2n) is 4.59. The molecule has 0 amide bonds. The molecule has 0 fully saturated rings. The van der Waals surface area contributed by atoms with Gasteiger partial charge in [0.25, 0.3) is 0 Å². The summed E-state index contributed by atoms with van der Waals surface area (Å²) in [5.74, 6) is 0. The van der Waals surface area contributed by atoms with E-state index in [9.17, 15) is 18.9 Å². The van der Waals surface area contributed by atoms with Crippen molar-refractivity contribution < 1.29 is 87.1 Å². The van der Waals surface area contributed by atoms with Gasteiger partial charge in [0.05, 0.1) is 24.6 Å². The Morgan fingerprint density at radius 3 is 1.46 bits per heavy atom. The molecule has 130 valence electrons. The third-order valence-corrected chi connectivity index (χ3v) is 5.71. The predicted molar refractivity (Wildman–Crippen MR) is 85.2 cm³/mol. The van der Waals surface area contributed by atoms with Crippen LogP contribution < -0.4 is 79.8 Å². The largest absolute Gasteiger partial charge is 1.00 e. The first-order valence-corrected chi connectivity index (χ1v) is 10.3. The molecule has 0 saturated carbocycles. The molecule has 0 aliphatic heterocycles. The van der Waals surface area contributed by atoms with Gasteiger partial charge in [-0.25, -0.2) is 9.97 Å². The summed E-state index contributed by atoms with van der Waals surface area (Å²) in [6.45, 7) is 3.10. The number of aromatic nitrogens is 2. The first-order valence-electron chi connectivity index (χ1n) is 7.17. The van der Waals surface area contributed by atoms with E-state index in [1.807, 2.05) is 0 Å². The molecule has 0 saturated heterocycles. The zero-order valence-electron chi connectivity index (χ0n) is 15.1. The van der Waals surface area contributed by atoms with Gasteiger partial charge >= 0.3 is 59.1 Å². The molecule has 26 heavy (non-hydrogen) atoms. The molecule has 0 spiro atoms. The second kappa shape index (κ2) is 11.6. The van der Waals surface area contributed by atoms with Gasteiger partial charge in [-0.15, -0.1) is 0 Å². The summed E-state index contributed by atoms with van der Waals surface area (Å²) in [5, 5.41) is 0. The molecule has 2 aromatic rings. The smallest absolute Gasteiger partial charge is 0.774 e. The zero-order chi connectivity index (χ0) is 17.8. The molecular formula is C14H16N2Na2O6P2. The Morgan fingerprint density at radius 1 is 0.808 bits per heavy atom. The van der Waals surface area contributed by atoms with Crippen molar-refractivity contribution >= 4 is 26.1 Å². The maximum Gasteiger partial charge on any atom is 1.00 e. The van der Waals surface area contributed by atoms with Crippen molar-refractivity contribution in [3.8, 4) is 11.4 Å². The minimum atomic E-state index is -4.28. The summed E-state index contributed by atoms with van der Waals surface area (Å²) in [7, 11) is -8.55. The van der Waals surface area contributed by atoms with Crippen LogP contribution in [0.2, 0.25) is 0 Å². The fourth-order valence-electron chi connectivity index (χ4n) is 1.91. The van der Waals surface area contributed by atoms with Crippen LogP contribution in [-0.2, 0) is 18.2 Å². The van der Waals surface area contributed by atoms with Crippen LogP contribution in [0.4, 0.5) is 0 Å². The monoisotopic (exact) mass is 416 g/mol. The molecule has 2 unspecified atom stereocenters. The van der Waals surface area contributed by atoms with Crippen molar-refractivity contribution in [3.05, 3.63) is 36.4 Å². The van der Waals surface area contributed by atoms with E-state index in [1.54, 1.807) is 13.8 Å². The number of nitrogens with zero attached hydrogens (tertiary/aromatic N) is 2. The van der Waals surface area contributed by atoms with Gasteiger partial charge in [0.1, 0.15) is 10.9 Å². The molecule has 0 aliphatic rings. The van der Waals surface area contributed by atoms with Gasteiger partial charge in [-0.2, -0.15) is 0 Å². The van der Waals surface area contributed by atoms with Gasteiger partial charge in [0.2, 0.25) is 0 Å². The maximum atomic E-state index is 11.9. The van der Waals surface area contributed by atoms with Crippen LogP contribution in [-0.4, -0.2) is 23.2 Å². The van der Waals surface area contributed by atoms with Gasteiger partial charge in [-0.1, -0.05) is 12.1 Å². The minimum absolute atomic E-state index is 0. The fraction of sp³-hybridized carbons (Fsp3) is 0.286. The minimum Gasteiger partial charge on any atom is -0.774 e. The van der Waals surface area contributed by atoms with Crippen LogP contribution in [0.15, 0.2) is 36.4 Å². The van der Waals surface area contributed by atoms with Gasteiger partial charge in [-0.05, 0) is 38.1 Å². The van der Waals surface area contributed by atoms with Gasteiger partial charge < -0.3 is 28.0 Å². The summed E-state index contributed by atoms with van der Waals surface area (Å²) < 4.78 is 33.3. The molecule has 0 aliphatic carbocycles. The van der Waals surface area contributed by atoms with Crippen LogP contribution in [0.5, 0.6) is 0 Å². The van der Waals surface area contributed by atoms with Crippen LogP contribution in [0.25, 0.3) is 11.4 Å². The SMILES string of the molecule is CCOP(=O)([O-])c1cccc(-c2cccc(P(=O)([O-])OCC)n2)n1.[Na+].[Na+]. The Balaban J connectivity index is 0.00000312. The number of hydrogen-bond acceptors (Lipinski definition) is 8. The first kappa shape index (κ1) is 26.6. The Labute approximate surface area is 196 Å². The van der Waals surface area contributed by atoms with E-state index in [0.717, 1.165) is 0 Å². The van der Waals surface area contributed by atoms with Crippen LogP contribution in [0, 0.1) is 0 Å². The molecular weight excluding hydrogens is 400 g/mol. The number of pyridine rings is 2. The molecule has 0 radical (unpaired) electrons. The van der Waals surface area contributed by atoms with E-state index >= 15 is 0 Å². The summed E-state index contributed by atoms with van der Waals surface area (Å²) in [4.78, 5) is 31.9. The van der Waals surface area contributed by atoms with Crippen molar-refractivity contribution in [2.24, 2.45) is 0 Å². The predicted octanol–water partition coefficient (Wildman–Crippen LogP) is -5.42. The van der Waals surface area contributed by atoms with Crippen molar-refractivity contribution in [2.75, 3.05) is 13.2 Å². The topological polar surface area (TPSA) is 125 Å². The normalized spacial score (nSPS) is 15.1. The molecule has 2 atom stereocenters. The van der Waals surface area contributed by atoms with E-state index in [-0.39, 0.29) is 94.6 Å². The van der Waals surface area contributed by atoms with E-state index in [4.69, 9.17) is 9.05 Å². The third kappa shape index (κ3) is 6.89. The second-order valence-corrected chi connectivity index (χ2v) is 8.02. The molecule has 0 aromatic carbocycles. The van der Waals surface area contributed by atoms with E-state index < -0.39 is 15.2 Å². The Kier molecular flexibility index (Phi) is 11.8. The molecule has 2 heterocycles. The molecule has 2 rings (SSSR count).